The highest BCUT2D eigenvalue weighted by Gasteiger charge is 2.40. The van der Waals surface area contributed by atoms with Crippen molar-refractivity contribution in [3.63, 3.8) is 0 Å². The molecule has 1 aliphatic heterocycles. The topological polar surface area (TPSA) is 157 Å². The van der Waals surface area contributed by atoms with Gasteiger partial charge in [-0.3, -0.25) is 9.13 Å². The van der Waals surface area contributed by atoms with Crippen LogP contribution in [-0.4, -0.2) is 50.1 Å². The predicted molar refractivity (Wildman–Crippen MR) is 70.3 cm³/mol. The fourth-order valence-electron chi connectivity index (χ4n) is 2.10. The normalized spacial score (nSPS) is 26.1. The third kappa shape index (κ3) is 3.88. The first kappa shape index (κ1) is 16.1. The molecule has 1 aliphatic rings. The molecule has 0 bridgehead atoms. The van der Waals surface area contributed by atoms with E-state index in [1.807, 2.05) is 0 Å². The van der Waals surface area contributed by atoms with Crippen LogP contribution in [0.2, 0.25) is 0 Å². The molecule has 0 aromatic carbocycles. The van der Waals surface area contributed by atoms with E-state index < -0.39 is 37.9 Å². The van der Waals surface area contributed by atoms with Gasteiger partial charge in [-0.25, -0.2) is 4.79 Å². The number of ether oxygens (including phenoxy) is 2. The minimum atomic E-state index is -4.32. The zero-order valence-electron chi connectivity index (χ0n) is 10.9. The summed E-state index contributed by atoms with van der Waals surface area (Å²) >= 11 is 0. The summed E-state index contributed by atoms with van der Waals surface area (Å²) in [6.07, 6.45) is -0.975. The first-order valence-electron chi connectivity index (χ1n) is 6.05. The second-order valence-corrected chi connectivity index (χ2v) is 6.20. The Labute approximate surface area is 119 Å². The Morgan fingerprint density at radius 2 is 2.29 bits per heavy atom. The van der Waals surface area contributed by atoms with Crippen LogP contribution in [0, 0.1) is 5.92 Å². The summed E-state index contributed by atoms with van der Waals surface area (Å²) in [5.74, 6) is -0.594. The second-order valence-electron chi connectivity index (χ2n) is 4.61. The third-order valence-electron chi connectivity index (χ3n) is 3.07. The van der Waals surface area contributed by atoms with Crippen LogP contribution in [0.5, 0.6) is 0 Å². The summed E-state index contributed by atoms with van der Waals surface area (Å²) in [6, 6.07) is 1.41. The van der Waals surface area contributed by atoms with Crippen molar-refractivity contribution in [3.8, 4) is 0 Å². The van der Waals surface area contributed by atoms with Crippen LogP contribution >= 0.6 is 7.60 Å². The molecule has 118 valence electrons. The number of nitrogen functional groups attached to an aromatic ring is 1. The second kappa shape index (κ2) is 6.22. The predicted octanol–water partition coefficient (Wildman–Crippen LogP) is -1.52. The highest BCUT2D eigenvalue weighted by molar-refractivity contribution is 7.51. The summed E-state index contributed by atoms with van der Waals surface area (Å²) in [5.41, 5.74) is 4.75. The molecule has 0 amide bonds. The molecule has 1 fully saturated rings. The van der Waals surface area contributed by atoms with Gasteiger partial charge in [-0.2, -0.15) is 4.98 Å². The number of aliphatic hydroxyl groups is 1. The first-order chi connectivity index (χ1) is 9.81. The number of aliphatic hydroxyl groups excluding tert-OH is 1. The molecule has 0 saturated carbocycles. The molecule has 5 N–H and O–H groups in total. The molecule has 21 heavy (non-hydrogen) atoms. The maximum Gasteiger partial charge on any atom is 0.351 e. The minimum absolute atomic E-state index is 0.00723. The molecule has 10 nitrogen and oxygen atoms in total. The number of anilines is 1. The van der Waals surface area contributed by atoms with Gasteiger partial charge in [-0.1, -0.05) is 0 Å². The maximum atomic E-state index is 11.8. The van der Waals surface area contributed by atoms with Crippen molar-refractivity contribution in [2.45, 2.75) is 12.3 Å². The summed E-state index contributed by atoms with van der Waals surface area (Å²) in [7, 11) is -4.32. The molecule has 1 saturated heterocycles. The first-order valence-corrected chi connectivity index (χ1v) is 7.85. The van der Waals surface area contributed by atoms with Crippen molar-refractivity contribution in [2.24, 2.45) is 5.92 Å². The van der Waals surface area contributed by atoms with Crippen LogP contribution in [0.4, 0.5) is 5.82 Å². The van der Waals surface area contributed by atoms with Crippen molar-refractivity contribution < 1.29 is 28.9 Å². The van der Waals surface area contributed by atoms with E-state index in [4.69, 9.17) is 25.0 Å². The van der Waals surface area contributed by atoms with E-state index >= 15 is 0 Å². The Kier molecular flexibility index (Phi) is 4.77. The average Bonchev–Trinajstić information content (AvgIpc) is 2.78. The lowest BCUT2D eigenvalue weighted by molar-refractivity contribution is 0.00913. The number of hydrogen-bond acceptors (Lipinski definition) is 7. The van der Waals surface area contributed by atoms with Crippen LogP contribution in [-0.2, 0) is 14.0 Å². The van der Waals surface area contributed by atoms with Crippen molar-refractivity contribution >= 4 is 13.4 Å². The summed E-state index contributed by atoms with van der Waals surface area (Å²) in [6.45, 7) is -0.389. The van der Waals surface area contributed by atoms with Gasteiger partial charge < -0.3 is 30.1 Å². The van der Waals surface area contributed by atoms with Gasteiger partial charge in [0.15, 0.2) is 0 Å². The number of hydrogen-bond donors (Lipinski definition) is 4. The van der Waals surface area contributed by atoms with Crippen molar-refractivity contribution in [1.29, 1.82) is 0 Å². The molecule has 0 unspecified atom stereocenters. The monoisotopic (exact) mass is 321 g/mol. The molecular weight excluding hydrogens is 305 g/mol. The molecule has 3 atom stereocenters. The standard InChI is InChI=1S/C10H16N3O7P/c11-8-1-2-13(10(15)12-8)9-6(3-14)7(4-19-9)20-5-21(16,17)18/h1-2,6-7,9,14H,3-5H2,(H2,11,12,15)(H2,16,17,18)/t6-,7+,9-/m1/s1. The van der Waals surface area contributed by atoms with Gasteiger partial charge in [0.1, 0.15) is 18.4 Å². The van der Waals surface area contributed by atoms with Gasteiger partial charge in [0.2, 0.25) is 0 Å². The molecule has 0 spiro atoms. The fraction of sp³-hybridized carbons (Fsp3) is 0.600. The van der Waals surface area contributed by atoms with E-state index in [-0.39, 0.29) is 19.0 Å². The number of nitrogens with zero attached hydrogens (tertiary/aromatic N) is 2. The lowest BCUT2D eigenvalue weighted by Crippen LogP contribution is -2.34. The SMILES string of the molecule is Nc1ccn([C@@H]2OC[C@H](OCP(=O)(O)O)[C@H]2CO)c(=O)n1. The van der Waals surface area contributed by atoms with Crippen LogP contribution in [0.15, 0.2) is 17.1 Å². The van der Waals surface area contributed by atoms with E-state index in [1.165, 1.54) is 12.3 Å². The number of rotatable bonds is 5. The van der Waals surface area contributed by atoms with Crippen LogP contribution in [0.25, 0.3) is 0 Å². The van der Waals surface area contributed by atoms with Crippen molar-refractivity contribution in [2.75, 3.05) is 25.3 Å². The Bertz CT molecular complexity index is 601. The van der Waals surface area contributed by atoms with E-state index in [0.717, 1.165) is 4.57 Å². The Morgan fingerprint density at radius 1 is 1.57 bits per heavy atom. The zero-order valence-corrected chi connectivity index (χ0v) is 11.8. The van der Waals surface area contributed by atoms with Crippen LogP contribution in [0.3, 0.4) is 0 Å². The lowest BCUT2D eigenvalue weighted by atomic mass is 10.0. The highest BCUT2D eigenvalue weighted by atomic mass is 31.2. The fourth-order valence-corrected chi connectivity index (χ4v) is 2.49. The maximum absolute atomic E-state index is 11.8. The number of nitrogens with two attached hydrogens (primary N) is 1. The average molecular weight is 321 g/mol. The molecule has 0 radical (unpaired) electrons. The smallest absolute Gasteiger partial charge is 0.351 e. The molecule has 1 aromatic rings. The molecule has 0 aliphatic carbocycles. The summed E-state index contributed by atoms with van der Waals surface area (Å²) in [5, 5.41) is 9.43. The molecule has 2 rings (SSSR count). The molecule has 11 heteroatoms. The number of aromatic nitrogens is 2. The molecule has 1 aromatic heterocycles. The van der Waals surface area contributed by atoms with E-state index in [9.17, 15) is 14.5 Å². The van der Waals surface area contributed by atoms with E-state index in [1.54, 1.807) is 0 Å². The lowest BCUT2D eigenvalue weighted by Gasteiger charge is -2.22. The minimum Gasteiger partial charge on any atom is -0.396 e. The largest absolute Gasteiger partial charge is 0.396 e. The Balaban J connectivity index is 2.15. The van der Waals surface area contributed by atoms with Crippen molar-refractivity contribution in [1.82, 2.24) is 9.55 Å². The molecular formula is C10H16N3O7P. The Hall–Kier alpha value is -1.29. The van der Waals surface area contributed by atoms with Crippen LogP contribution in [0.1, 0.15) is 6.23 Å². The van der Waals surface area contributed by atoms with E-state index in [0.29, 0.717) is 0 Å². The zero-order chi connectivity index (χ0) is 15.6. The highest BCUT2D eigenvalue weighted by Crippen LogP contribution is 2.38. The van der Waals surface area contributed by atoms with Gasteiger partial charge in [-0.15, -0.1) is 0 Å². The van der Waals surface area contributed by atoms with Crippen molar-refractivity contribution in [3.05, 3.63) is 22.7 Å². The van der Waals surface area contributed by atoms with Gasteiger partial charge in [0, 0.05) is 6.20 Å². The van der Waals surface area contributed by atoms with Gasteiger partial charge >= 0.3 is 13.3 Å². The van der Waals surface area contributed by atoms with Gasteiger partial charge in [0.05, 0.1) is 25.2 Å². The van der Waals surface area contributed by atoms with Gasteiger partial charge in [-0.05, 0) is 6.07 Å². The van der Waals surface area contributed by atoms with Gasteiger partial charge in [0.25, 0.3) is 0 Å². The summed E-state index contributed by atoms with van der Waals surface area (Å²) in [4.78, 5) is 32.9. The Morgan fingerprint density at radius 3 is 2.86 bits per heavy atom. The summed E-state index contributed by atoms with van der Waals surface area (Å²) < 4.78 is 22.4. The third-order valence-corrected chi connectivity index (χ3v) is 3.55. The molecule has 2 heterocycles. The quantitative estimate of drug-likeness (QED) is 0.473. The van der Waals surface area contributed by atoms with Crippen LogP contribution < -0.4 is 11.4 Å². The van der Waals surface area contributed by atoms with E-state index in [2.05, 4.69) is 4.98 Å².